The van der Waals surface area contributed by atoms with Gasteiger partial charge in [0.05, 0.1) is 17.5 Å². The highest BCUT2D eigenvalue weighted by molar-refractivity contribution is 5.94. The molecule has 1 aliphatic carbocycles. The van der Waals surface area contributed by atoms with E-state index in [0.29, 0.717) is 37.7 Å². The number of ether oxygens (including phenoxy) is 1. The second-order valence-electron chi connectivity index (χ2n) is 10.0. The molecule has 11 heteroatoms. The molecule has 1 aliphatic heterocycles. The summed E-state index contributed by atoms with van der Waals surface area (Å²) in [6.07, 6.45) is 1.32. The molecule has 2 unspecified atom stereocenters. The highest BCUT2D eigenvalue weighted by Crippen LogP contribution is 2.32. The largest absolute Gasteiger partial charge is 0.367 e. The van der Waals surface area contributed by atoms with Gasteiger partial charge in [-0.15, -0.1) is 0 Å². The average Bonchev–Trinajstić information content (AvgIpc) is 3.77. The number of nitro benzene ring substituents is 1. The topological polar surface area (TPSA) is 134 Å². The van der Waals surface area contributed by atoms with Crippen molar-refractivity contribution in [2.75, 3.05) is 40.3 Å². The van der Waals surface area contributed by atoms with E-state index in [0.717, 1.165) is 18.4 Å². The van der Waals surface area contributed by atoms with Crippen molar-refractivity contribution < 1.29 is 24.0 Å². The summed E-state index contributed by atoms with van der Waals surface area (Å²) in [5.41, 5.74) is 1.09. The summed E-state index contributed by atoms with van der Waals surface area (Å²) in [7, 11) is 2.96. The van der Waals surface area contributed by atoms with Crippen molar-refractivity contribution in [3.05, 3.63) is 75.3 Å². The Labute approximate surface area is 227 Å². The van der Waals surface area contributed by atoms with Gasteiger partial charge in [-0.1, -0.05) is 30.3 Å². The van der Waals surface area contributed by atoms with Gasteiger partial charge in [0, 0.05) is 64.0 Å². The van der Waals surface area contributed by atoms with Crippen LogP contribution in [0.5, 0.6) is 0 Å². The molecular formula is C28H35N5O6. The fraction of sp³-hybridized carbons (Fsp3) is 0.464. The van der Waals surface area contributed by atoms with E-state index in [2.05, 4.69) is 10.6 Å². The summed E-state index contributed by atoms with van der Waals surface area (Å²) in [4.78, 5) is 53.9. The lowest BCUT2D eigenvalue weighted by Crippen LogP contribution is -2.56. The molecule has 1 saturated carbocycles. The SMILES string of the molecule is CNC(=O)c1ccc(CN(CC2CC2)C(=O)CC2CNCCN2C(=O)C(OC)c2ccccc2)c([N+](=O)[O-])c1. The van der Waals surface area contributed by atoms with E-state index in [-0.39, 0.29) is 42.1 Å². The first-order valence-electron chi connectivity index (χ1n) is 13.2. The van der Waals surface area contributed by atoms with Gasteiger partial charge >= 0.3 is 0 Å². The Hall–Kier alpha value is -3.83. The van der Waals surface area contributed by atoms with Gasteiger partial charge in [-0.3, -0.25) is 24.5 Å². The van der Waals surface area contributed by atoms with Gasteiger partial charge in [0.2, 0.25) is 5.91 Å². The number of piperazine rings is 1. The Kier molecular flexibility index (Phi) is 9.26. The standard InChI is InChI=1S/C28H35N5O6/c1-29-27(35)21-10-11-22(24(14-21)33(37)38)18-31(17-19-8-9-19)25(34)15-23-16-30-12-13-32(23)28(36)26(39-2)20-6-4-3-5-7-20/h3-7,10-11,14,19,23,26,30H,8-9,12-13,15-18H2,1-2H3,(H,29,35). The predicted octanol–water partition coefficient (Wildman–Crippen LogP) is 2.27. The molecular weight excluding hydrogens is 502 g/mol. The predicted molar refractivity (Wildman–Crippen MR) is 144 cm³/mol. The number of amides is 3. The number of nitrogens with zero attached hydrogens (tertiary/aromatic N) is 3. The van der Waals surface area contributed by atoms with E-state index in [4.69, 9.17) is 4.74 Å². The number of nitro groups is 1. The molecule has 4 rings (SSSR count). The van der Waals surface area contributed by atoms with Crippen molar-refractivity contribution in [1.82, 2.24) is 20.4 Å². The van der Waals surface area contributed by atoms with Gasteiger partial charge < -0.3 is 25.2 Å². The number of carbonyl (C=O) groups is 3. The average molecular weight is 538 g/mol. The smallest absolute Gasteiger partial charge is 0.275 e. The molecule has 0 aromatic heterocycles. The zero-order valence-electron chi connectivity index (χ0n) is 22.3. The van der Waals surface area contributed by atoms with Gasteiger partial charge in [0.15, 0.2) is 6.10 Å². The van der Waals surface area contributed by atoms with Gasteiger partial charge in [-0.05, 0) is 36.5 Å². The van der Waals surface area contributed by atoms with Crippen molar-refractivity contribution in [1.29, 1.82) is 0 Å². The summed E-state index contributed by atoms with van der Waals surface area (Å²) < 4.78 is 5.56. The van der Waals surface area contributed by atoms with Crippen LogP contribution in [-0.4, -0.2) is 78.8 Å². The second-order valence-corrected chi connectivity index (χ2v) is 10.0. The molecule has 11 nitrogen and oxygen atoms in total. The summed E-state index contributed by atoms with van der Waals surface area (Å²) in [6.45, 7) is 2.06. The maximum Gasteiger partial charge on any atom is 0.275 e. The number of rotatable bonds is 11. The molecule has 2 atom stereocenters. The fourth-order valence-corrected chi connectivity index (χ4v) is 4.95. The summed E-state index contributed by atoms with van der Waals surface area (Å²) >= 11 is 0. The minimum absolute atomic E-state index is 0.0540. The second kappa shape index (κ2) is 12.8. The maximum absolute atomic E-state index is 13.7. The van der Waals surface area contributed by atoms with Crippen LogP contribution < -0.4 is 10.6 Å². The molecule has 2 aromatic rings. The van der Waals surface area contributed by atoms with Crippen LogP contribution >= 0.6 is 0 Å². The van der Waals surface area contributed by atoms with Gasteiger partial charge in [-0.2, -0.15) is 0 Å². The van der Waals surface area contributed by atoms with Crippen LogP contribution in [0, 0.1) is 16.0 Å². The molecule has 0 radical (unpaired) electrons. The molecule has 0 spiro atoms. The quantitative estimate of drug-likeness (QED) is 0.332. The first kappa shape index (κ1) is 28.2. The number of benzene rings is 2. The number of carbonyl (C=O) groups excluding carboxylic acids is 3. The first-order chi connectivity index (χ1) is 18.8. The van der Waals surface area contributed by atoms with E-state index in [1.165, 1.54) is 32.4 Å². The fourth-order valence-electron chi connectivity index (χ4n) is 4.95. The lowest BCUT2D eigenvalue weighted by atomic mass is 10.0. The molecule has 1 heterocycles. The molecule has 2 aliphatic rings. The third-order valence-electron chi connectivity index (χ3n) is 7.27. The van der Waals surface area contributed by atoms with Crippen LogP contribution in [0.25, 0.3) is 0 Å². The third-order valence-corrected chi connectivity index (χ3v) is 7.27. The van der Waals surface area contributed by atoms with Gasteiger partial charge in [0.1, 0.15) is 0 Å². The van der Waals surface area contributed by atoms with Crippen LogP contribution in [0.2, 0.25) is 0 Å². The minimum Gasteiger partial charge on any atom is -0.367 e. The van der Waals surface area contributed by atoms with Gasteiger partial charge in [-0.25, -0.2) is 0 Å². The van der Waals surface area contributed by atoms with Crippen LogP contribution in [0.4, 0.5) is 5.69 Å². The number of nitrogens with one attached hydrogen (secondary N) is 2. The van der Waals surface area contributed by atoms with E-state index in [9.17, 15) is 24.5 Å². The third kappa shape index (κ3) is 6.98. The van der Waals surface area contributed by atoms with Crippen molar-refractivity contribution in [3.63, 3.8) is 0 Å². The summed E-state index contributed by atoms with van der Waals surface area (Å²) in [6, 6.07) is 13.2. The minimum atomic E-state index is -0.772. The van der Waals surface area contributed by atoms with Crippen molar-refractivity contribution in [3.8, 4) is 0 Å². The van der Waals surface area contributed by atoms with Crippen LogP contribution in [0.15, 0.2) is 48.5 Å². The highest BCUT2D eigenvalue weighted by atomic mass is 16.6. The summed E-state index contributed by atoms with van der Waals surface area (Å²) in [5, 5.41) is 17.6. The Balaban J connectivity index is 1.52. The lowest BCUT2D eigenvalue weighted by molar-refractivity contribution is -0.385. The van der Waals surface area contributed by atoms with Crippen LogP contribution in [0.3, 0.4) is 0 Å². The molecule has 2 N–H and O–H groups in total. The van der Waals surface area contributed by atoms with Crippen molar-refractivity contribution in [2.45, 2.75) is 38.0 Å². The monoisotopic (exact) mass is 537 g/mol. The van der Waals surface area contributed by atoms with Crippen LogP contribution in [0.1, 0.15) is 46.9 Å². The highest BCUT2D eigenvalue weighted by Gasteiger charge is 2.36. The Morgan fingerprint density at radius 1 is 1.21 bits per heavy atom. The Bertz CT molecular complexity index is 1200. The number of hydrogen-bond donors (Lipinski definition) is 2. The zero-order chi connectivity index (χ0) is 27.9. The molecule has 208 valence electrons. The van der Waals surface area contributed by atoms with E-state index in [1.54, 1.807) is 9.80 Å². The number of hydrogen-bond acceptors (Lipinski definition) is 7. The lowest BCUT2D eigenvalue weighted by Gasteiger charge is -2.38. The molecule has 1 saturated heterocycles. The molecule has 0 bridgehead atoms. The molecule has 2 fully saturated rings. The van der Waals surface area contributed by atoms with Crippen molar-refractivity contribution in [2.24, 2.45) is 5.92 Å². The number of methoxy groups -OCH3 is 1. The van der Waals surface area contributed by atoms with E-state index >= 15 is 0 Å². The Morgan fingerprint density at radius 3 is 2.59 bits per heavy atom. The normalized spacial score (nSPS) is 17.8. The van der Waals surface area contributed by atoms with Crippen LogP contribution in [-0.2, 0) is 20.9 Å². The summed E-state index contributed by atoms with van der Waals surface area (Å²) in [5.74, 6) is -0.435. The first-order valence-corrected chi connectivity index (χ1v) is 13.2. The zero-order valence-corrected chi connectivity index (χ0v) is 22.3. The maximum atomic E-state index is 13.7. The van der Waals surface area contributed by atoms with Crippen molar-refractivity contribution >= 4 is 23.4 Å². The molecule has 2 aromatic carbocycles. The van der Waals surface area contributed by atoms with Gasteiger partial charge in [0.25, 0.3) is 17.5 Å². The molecule has 39 heavy (non-hydrogen) atoms. The van der Waals surface area contributed by atoms with E-state index < -0.39 is 16.9 Å². The molecule has 3 amide bonds. The Morgan fingerprint density at radius 2 is 1.95 bits per heavy atom. The van der Waals surface area contributed by atoms with E-state index in [1.807, 2.05) is 30.3 Å².